The predicted molar refractivity (Wildman–Crippen MR) is 115 cm³/mol. The number of benzene rings is 2. The second-order valence-electron chi connectivity index (χ2n) is 6.70. The van der Waals surface area contributed by atoms with Gasteiger partial charge in [0.25, 0.3) is 0 Å². The number of aryl methyl sites for hydroxylation is 2. The van der Waals surface area contributed by atoms with Gasteiger partial charge in [-0.1, -0.05) is 11.6 Å². The molecule has 0 saturated heterocycles. The Morgan fingerprint density at radius 2 is 1.80 bits per heavy atom. The van der Waals surface area contributed by atoms with Crippen molar-refractivity contribution in [2.45, 2.75) is 20.5 Å². The van der Waals surface area contributed by atoms with E-state index in [1.165, 1.54) is 26.4 Å². The van der Waals surface area contributed by atoms with E-state index in [1.807, 2.05) is 19.9 Å². The summed E-state index contributed by atoms with van der Waals surface area (Å²) in [6, 6.07) is 8.39. The molecule has 0 atom stereocenters. The fourth-order valence-electron chi connectivity index (χ4n) is 3.00. The van der Waals surface area contributed by atoms with Gasteiger partial charge >= 0.3 is 11.6 Å². The smallest absolute Gasteiger partial charge is 0.336 e. The number of ether oxygens (including phenoxy) is 3. The van der Waals surface area contributed by atoms with Crippen molar-refractivity contribution in [3.63, 3.8) is 0 Å². The number of hydrogen-bond acceptors (Lipinski definition) is 6. The van der Waals surface area contributed by atoms with Crippen molar-refractivity contribution in [2.24, 2.45) is 0 Å². The Hall–Kier alpha value is -3.25. The molecule has 0 saturated carbocycles. The highest BCUT2D eigenvalue weighted by Gasteiger charge is 2.11. The van der Waals surface area contributed by atoms with Crippen LogP contribution in [0.2, 0.25) is 5.02 Å². The summed E-state index contributed by atoms with van der Waals surface area (Å²) in [5.41, 5.74) is 3.26. The van der Waals surface area contributed by atoms with Crippen LogP contribution in [-0.2, 0) is 16.1 Å². The van der Waals surface area contributed by atoms with Gasteiger partial charge in [-0.2, -0.15) is 0 Å². The Labute approximate surface area is 178 Å². The normalized spacial score (nSPS) is 11.1. The first-order chi connectivity index (χ1) is 14.3. The molecule has 3 rings (SSSR count). The average molecular weight is 429 g/mol. The van der Waals surface area contributed by atoms with Crippen LogP contribution in [0.4, 0.5) is 0 Å². The summed E-state index contributed by atoms with van der Waals surface area (Å²) >= 11 is 6.17. The summed E-state index contributed by atoms with van der Waals surface area (Å²) in [4.78, 5) is 24.0. The van der Waals surface area contributed by atoms with E-state index in [0.717, 1.165) is 16.5 Å². The molecular formula is C23H21ClO6. The van der Waals surface area contributed by atoms with Crippen molar-refractivity contribution in [3.05, 3.63) is 74.1 Å². The molecule has 30 heavy (non-hydrogen) atoms. The molecule has 0 aliphatic heterocycles. The topological polar surface area (TPSA) is 75.0 Å². The van der Waals surface area contributed by atoms with Gasteiger partial charge in [0.2, 0.25) is 0 Å². The summed E-state index contributed by atoms with van der Waals surface area (Å²) in [6.07, 6.45) is 2.84. The molecule has 0 spiro atoms. The molecule has 7 heteroatoms. The van der Waals surface area contributed by atoms with Crippen LogP contribution in [0.15, 0.2) is 45.6 Å². The molecule has 1 heterocycles. The van der Waals surface area contributed by atoms with Crippen LogP contribution in [-0.4, -0.2) is 20.2 Å². The van der Waals surface area contributed by atoms with Gasteiger partial charge in [-0.15, -0.1) is 0 Å². The zero-order valence-corrected chi connectivity index (χ0v) is 17.8. The maximum absolute atomic E-state index is 12.2. The van der Waals surface area contributed by atoms with Crippen LogP contribution in [0.3, 0.4) is 0 Å². The summed E-state index contributed by atoms with van der Waals surface area (Å²) in [6.45, 7) is 3.85. The highest BCUT2D eigenvalue weighted by atomic mass is 35.5. The third kappa shape index (κ3) is 4.66. The van der Waals surface area contributed by atoms with Crippen molar-refractivity contribution in [1.29, 1.82) is 0 Å². The first-order valence-corrected chi connectivity index (χ1v) is 9.50. The minimum Gasteiger partial charge on any atom is -0.493 e. The number of carbonyl (C=O) groups is 1. The first kappa shape index (κ1) is 21.5. The van der Waals surface area contributed by atoms with Crippen molar-refractivity contribution in [3.8, 4) is 11.5 Å². The number of esters is 1. The van der Waals surface area contributed by atoms with Crippen LogP contribution < -0.4 is 15.1 Å². The van der Waals surface area contributed by atoms with Crippen LogP contribution in [0, 0.1) is 13.8 Å². The molecule has 0 amide bonds. The van der Waals surface area contributed by atoms with E-state index in [2.05, 4.69) is 0 Å². The zero-order chi connectivity index (χ0) is 21.8. The molecule has 156 valence electrons. The zero-order valence-electron chi connectivity index (χ0n) is 17.1. The lowest BCUT2D eigenvalue weighted by molar-refractivity contribution is -0.138. The second-order valence-corrected chi connectivity index (χ2v) is 7.11. The first-order valence-electron chi connectivity index (χ1n) is 9.12. The predicted octanol–water partition coefficient (Wildman–Crippen LogP) is 4.84. The molecule has 1 aromatic heterocycles. The molecule has 0 radical (unpaired) electrons. The largest absolute Gasteiger partial charge is 0.493 e. The summed E-state index contributed by atoms with van der Waals surface area (Å²) in [5, 5.41) is 1.10. The SMILES string of the molecule is COc1cc(/C=C/C(=O)OCc2cc(=O)oc3cc(C)c(C)cc23)cc(Cl)c1OC. The summed E-state index contributed by atoms with van der Waals surface area (Å²) in [5.74, 6) is 0.302. The number of halogens is 1. The van der Waals surface area contributed by atoms with Gasteiger partial charge < -0.3 is 18.6 Å². The molecule has 6 nitrogen and oxygen atoms in total. The van der Waals surface area contributed by atoms with E-state index in [1.54, 1.807) is 24.3 Å². The van der Waals surface area contributed by atoms with Crippen molar-refractivity contribution < 1.29 is 23.4 Å². The summed E-state index contributed by atoms with van der Waals surface area (Å²) in [7, 11) is 2.99. The fourth-order valence-corrected chi connectivity index (χ4v) is 3.29. The van der Waals surface area contributed by atoms with Gasteiger partial charge in [0, 0.05) is 23.1 Å². The Balaban J connectivity index is 1.77. The minimum atomic E-state index is -0.564. The number of carbonyl (C=O) groups excluding carboxylic acids is 1. The number of methoxy groups -OCH3 is 2. The Bertz CT molecular complexity index is 1190. The fraction of sp³-hybridized carbons (Fsp3) is 0.217. The molecule has 0 bridgehead atoms. The van der Waals surface area contributed by atoms with Gasteiger partial charge in [-0.3, -0.25) is 0 Å². The van der Waals surface area contributed by atoms with Gasteiger partial charge in [-0.25, -0.2) is 9.59 Å². The van der Waals surface area contributed by atoms with E-state index < -0.39 is 11.6 Å². The minimum absolute atomic E-state index is 0.0551. The molecule has 0 N–H and O–H groups in total. The molecular weight excluding hydrogens is 408 g/mol. The monoisotopic (exact) mass is 428 g/mol. The third-order valence-electron chi connectivity index (χ3n) is 4.68. The van der Waals surface area contributed by atoms with E-state index in [4.69, 9.17) is 30.2 Å². The lowest BCUT2D eigenvalue weighted by Gasteiger charge is -2.10. The second kappa shape index (κ2) is 9.05. The Morgan fingerprint density at radius 3 is 2.50 bits per heavy atom. The standard InChI is InChI=1S/C23H21ClO6/c1-13-7-17-16(11-22(26)30-19(17)8-14(13)2)12-29-21(25)6-5-15-9-18(24)23(28-4)20(10-15)27-3/h5-11H,12H2,1-4H3/b6-5+. The van der Waals surface area contributed by atoms with Gasteiger partial charge in [0.05, 0.1) is 19.2 Å². The molecule has 0 aliphatic rings. The van der Waals surface area contributed by atoms with Crippen LogP contribution >= 0.6 is 11.6 Å². The van der Waals surface area contributed by atoms with Gasteiger partial charge in [0.1, 0.15) is 12.2 Å². The van der Waals surface area contributed by atoms with E-state index in [-0.39, 0.29) is 6.61 Å². The summed E-state index contributed by atoms with van der Waals surface area (Å²) < 4.78 is 21.0. The third-order valence-corrected chi connectivity index (χ3v) is 4.96. The average Bonchev–Trinajstić information content (AvgIpc) is 2.71. The highest BCUT2D eigenvalue weighted by Crippen LogP contribution is 2.36. The highest BCUT2D eigenvalue weighted by molar-refractivity contribution is 6.32. The number of rotatable bonds is 6. The molecule has 0 aliphatic carbocycles. The van der Waals surface area contributed by atoms with Crippen molar-refractivity contribution >= 4 is 34.6 Å². The van der Waals surface area contributed by atoms with Crippen molar-refractivity contribution in [2.75, 3.05) is 14.2 Å². The van der Waals surface area contributed by atoms with Gasteiger partial charge in [0.15, 0.2) is 11.5 Å². The molecule has 0 unspecified atom stereocenters. The van der Waals surface area contributed by atoms with Crippen LogP contribution in [0.1, 0.15) is 22.3 Å². The van der Waals surface area contributed by atoms with E-state index in [9.17, 15) is 9.59 Å². The quantitative estimate of drug-likeness (QED) is 0.318. The number of fused-ring (bicyclic) bond motifs is 1. The molecule has 3 aromatic rings. The van der Waals surface area contributed by atoms with Gasteiger partial charge in [-0.05, 0) is 60.9 Å². The van der Waals surface area contributed by atoms with E-state index >= 15 is 0 Å². The Morgan fingerprint density at radius 1 is 1.07 bits per heavy atom. The maximum Gasteiger partial charge on any atom is 0.336 e. The lowest BCUT2D eigenvalue weighted by atomic mass is 10.0. The van der Waals surface area contributed by atoms with Crippen LogP contribution in [0.25, 0.3) is 17.0 Å². The van der Waals surface area contributed by atoms with Crippen LogP contribution in [0.5, 0.6) is 11.5 Å². The van der Waals surface area contributed by atoms with E-state index in [0.29, 0.717) is 33.2 Å². The molecule has 0 fully saturated rings. The van der Waals surface area contributed by atoms with Crippen molar-refractivity contribution in [1.82, 2.24) is 0 Å². The molecule has 2 aromatic carbocycles. The number of hydrogen-bond donors (Lipinski definition) is 0. The maximum atomic E-state index is 12.2. The lowest BCUT2D eigenvalue weighted by Crippen LogP contribution is -2.06. The Kier molecular flexibility index (Phi) is 6.47.